The molecule has 0 unspecified atom stereocenters. The molecule has 0 spiro atoms. The van der Waals surface area contributed by atoms with Crippen LogP contribution in [0.4, 0.5) is 0 Å². The third-order valence-corrected chi connectivity index (χ3v) is 6.00. The highest BCUT2D eigenvalue weighted by Gasteiger charge is 2.24. The minimum Gasteiger partial charge on any atom is -0.497 e. The summed E-state index contributed by atoms with van der Waals surface area (Å²) < 4.78 is 10.4. The Hall–Kier alpha value is -2.80. The number of amides is 1. The Kier molecular flexibility index (Phi) is 9.32. The van der Waals surface area contributed by atoms with E-state index in [1.54, 1.807) is 59.1 Å². The average molecular weight is 458 g/mol. The maximum absolute atomic E-state index is 12.5. The van der Waals surface area contributed by atoms with Gasteiger partial charge in [-0.05, 0) is 43.2 Å². The number of thioether (sulfide) groups is 1. The molecule has 0 saturated carbocycles. The average Bonchev–Trinajstić information content (AvgIpc) is 2.77. The predicted octanol–water partition coefficient (Wildman–Crippen LogP) is 4.31. The fourth-order valence-electron chi connectivity index (χ4n) is 2.67. The number of esters is 1. The lowest BCUT2D eigenvalue weighted by molar-refractivity contribution is -0.129. The molecule has 2 rings (SSSR count). The van der Waals surface area contributed by atoms with E-state index in [0.717, 1.165) is 11.3 Å². The van der Waals surface area contributed by atoms with Crippen LogP contribution >= 0.6 is 11.8 Å². The van der Waals surface area contributed by atoms with Gasteiger partial charge in [-0.15, -0.1) is 11.8 Å². The third-order valence-electron chi connectivity index (χ3n) is 4.82. The van der Waals surface area contributed by atoms with Gasteiger partial charge >= 0.3 is 5.97 Å². The highest BCUT2D eigenvalue weighted by molar-refractivity contribution is 8.00. The molecule has 1 N–H and O–H groups in total. The quantitative estimate of drug-likeness (QED) is 0.423. The Balaban J connectivity index is 1.90. The normalized spacial score (nSPS) is 12.0. The molecular formula is C25H31NO5S. The van der Waals surface area contributed by atoms with Gasteiger partial charge in [0.25, 0.3) is 0 Å². The highest BCUT2D eigenvalue weighted by atomic mass is 32.2. The van der Waals surface area contributed by atoms with Gasteiger partial charge in [-0.3, -0.25) is 9.59 Å². The number of ketones is 1. The molecule has 2 aromatic carbocycles. The summed E-state index contributed by atoms with van der Waals surface area (Å²) >= 11 is 1.28. The molecule has 0 aliphatic carbocycles. The first-order valence-corrected chi connectivity index (χ1v) is 11.4. The zero-order chi connectivity index (χ0) is 23.7. The summed E-state index contributed by atoms with van der Waals surface area (Å²) in [6.45, 7) is 7.36. The molecule has 0 aliphatic heterocycles. The first-order valence-electron chi connectivity index (χ1n) is 10.5. The maximum Gasteiger partial charge on any atom is 0.339 e. The molecule has 0 radical (unpaired) electrons. The van der Waals surface area contributed by atoms with E-state index >= 15 is 0 Å². The zero-order valence-electron chi connectivity index (χ0n) is 19.3. The smallest absolute Gasteiger partial charge is 0.339 e. The van der Waals surface area contributed by atoms with Crippen molar-refractivity contribution in [3.63, 3.8) is 0 Å². The van der Waals surface area contributed by atoms with Crippen molar-refractivity contribution in [3.8, 4) is 5.75 Å². The molecule has 172 valence electrons. The minimum absolute atomic E-state index is 0.116. The monoisotopic (exact) mass is 457 g/mol. The number of rotatable bonds is 10. The van der Waals surface area contributed by atoms with Gasteiger partial charge in [0, 0.05) is 16.9 Å². The number of ether oxygens (including phenoxy) is 2. The van der Waals surface area contributed by atoms with Crippen molar-refractivity contribution in [1.29, 1.82) is 0 Å². The van der Waals surface area contributed by atoms with E-state index in [-0.39, 0.29) is 18.3 Å². The summed E-state index contributed by atoms with van der Waals surface area (Å²) in [5, 5.41) is 2.53. The fourth-order valence-corrected chi connectivity index (χ4v) is 3.68. The summed E-state index contributed by atoms with van der Waals surface area (Å²) in [5.41, 5.74) is 0.869. The van der Waals surface area contributed by atoms with Gasteiger partial charge in [-0.2, -0.15) is 0 Å². The zero-order valence-corrected chi connectivity index (χ0v) is 20.1. The van der Waals surface area contributed by atoms with Crippen LogP contribution in [-0.2, 0) is 20.7 Å². The maximum atomic E-state index is 12.5. The standard InChI is InChI=1S/C25H31NO5S/c1-17(23(28)26-15-14-18-10-12-19(30-5)13-11-18)32-21-9-7-6-8-20(21)24(29)31-16-22(27)25(2,3)4/h6-13,17H,14-16H2,1-5H3,(H,26,28)/t17-/m1/s1. The van der Waals surface area contributed by atoms with Gasteiger partial charge in [0.2, 0.25) is 5.91 Å². The van der Waals surface area contributed by atoms with Crippen LogP contribution in [0.25, 0.3) is 0 Å². The number of hydrogen-bond acceptors (Lipinski definition) is 6. The van der Waals surface area contributed by atoms with E-state index in [1.807, 2.05) is 24.3 Å². The SMILES string of the molecule is COc1ccc(CCNC(=O)[C@@H](C)Sc2ccccc2C(=O)OCC(=O)C(C)(C)C)cc1. The van der Waals surface area contributed by atoms with Crippen LogP contribution in [0, 0.1) is 5.41 Å². The van der Waals surface area contributed by atoms with Crippen molar-refractivity contribution in [2.24, 2.45) is 5.41 Å². The number of benzene rings is 2. The van der Waals surface area contributed by atoms with Crippen molar-refractivity contribution >= 4 is 29.4 Å². The van der Waals surface area contributed by atoms with Crippen LogP contribution in [0.3, 0.4) is 0 Å². The number of nitrogens with one attached hydrogen (secondary N) is 1. The van der Waals surface area contributed by atoms with Crippen molar-refractivity contribution in [2.75, 3.05) is 20.3 Å². The Bertz CT molecular complexity index is 934. The van der Waals surface area contributed by atoms with Crippen molar-refractivity contribution in [3.05, 3.63) is 59.7 Å². The lowest BCUT2D eigenvalue weighted by Gasteiger charge is -2.17. The molecule has 7 heteroatoms. The number of hydrogen-bond donors (Lipinski definition) is 1. The summed E-state index contributed by atoms with van der Waals surface area (Å²) in [6, 6.07) is 14.7. The van der Waals surface area contributed by atoms with Crippen molar-refractivity contribution < 1.29 is 23.9 Å². The molecular weight excluding hydrogens is 426 g/mol. The lowest BCUT2D eigenvalue weighted by atomic mass is 9.91. The molecule has 6 nitrogen and oxygen atoms in total. The predicted molar refractivity (Wildman–Crippen MR) is 126 cm³/mol. The van der Waals surface area contributed by atoms with Gasteiger partial charge in [0.05, 0.1) is 17.9 Å². The first kappa shape index (κ1) is 25.5. The molecule has 0 bridgehead atoms. The molecule has 0 aromatic heterocycles. The highest BCUT2D eigenvalue weighted by Crippen LogP contribution is 2.28. The number of carbonyl (C=O) groups is 3. The van der Waals surface area contributed by atoms with Gasteiger partial charge in [0.15, 0.2) is 12.4 Å². The Morgan fingerprint density at radius 3 is 2.31 bits per heavy atom. The van der Waals surface area contributed by atoms with Crippen LogP contribution in [-0.4, -0.2) is 43.2 Å². The van der Waals surface area contributed by atoms with Crippen LogP contribution < -0.4 is 10.1 Å². The van der Waals surface area contributed by atoms with Crippen LogP contribution in [0.15, 0.2) is 53.4 Å². The molecule has 2 aromatic rings. The summed E-state index contributed by atoms with van der Waals surface area (Å²) in [5.74, 6) is -0.0456. The third kappa shape index (κ3) is 7.71. The molecule has 1 amide bonds. The molecule has 32 heavy (non-hydrogen) atoms. The largest absolute Gasteiger partial charge is 0.497 e. The van der Waals surface area contributed by atoms with Gasteiger partial charge in [0.1, 0.15) is 5.75 Å². The fraction of sp³-hybridized carbons (Fsp3) is 0.400. The second-order valence-corrected chi connectivity index (χ2v) is 9.78. The minimum atomic E-state index is -0.576. The van der Waals surface area contributed by atoms with E-state index in [0.29, 0.717) is 23.4 Å². The van der Waals surface area contributed by atoms with Crippen molar-refractivity contribution in [1.82, 2.24) is 5.32 Å². The lowest BCUT2D eigenvalue weighted by Crippen LogP contribution is -2.32. The van der Waals surface area contributed by atoms with Gasteiger partial charge in [-0.1, -0.05) is 45.0 Å². The van der Waals surface area contributed by atoms with E-state index in [2.05, 4.69) is 5.32 Å². The Labute approximate surface area is 194 Å². The molecule has 0 saturated heterocycles. The van der Waals surface area contributed by atoms with Gasteiger partial charge < -0.3 is 14.8 Å². The molecule has 0 heterocycles. The molecule has 1 atom stereocenters. The Morgan fingerprint density at radius 2 is 1.69 bits per heavy atom. The number of carbonyl (C=O) groups excluding carboxylic acids is 3. The summed E-state index contributed by atoms with van der Waals surface area (Å²) in [7, 11) is 1.62. The van der Waals surface area contributed by atoms with Crippen LogP contribution in [0.5, 0.6) is 5.75 Å². The van der Waals surface area contributed by atoms with E-state index in [4.69, 9.17) is 9.47 Å². The summed E-state index contributed by atoms with van der Waals surface area (Å²) in [6.07, 6.45) is 0.706. The molecule has 0 fully saturated rings. The van der Waals surface area contributed by atoms with Crippen LogP contribution in [0.1, 0.15) is 43.6 Å². The van der Waals surface area contributed by atoms with E-state index in [9.17, 15) is 14.4 Å². The second-order valence-electron chi connectivity index (χ2n) is 8.39. The molecule has 0 aliphatic rings. The topological polar surface area (TPSA) is 81.7 Å². The Morgan fingerprint density at radius 1 is 1.03 bits per heavy atom. The number of methoxy groups -OCH3 is 1. The number of Topliss-reactive ketones (excluding diaryl/α,β-unsaturated/α-hetero) is 1. The van der Waals surface area contributed by atoms with Crippen LogP contribution in [0.2, 0.25) is 0 Å². The van der Waals surface area contributed by atoms with E-state index < -0.39 is 16.6 Å². The van der Waals surface area contributed by atoms with E-state index in [1.165, 1.54) is 11.8 Å². The van der Waals surface area contributed by atoms with Gasteiger partial charge in [-0.25, -0.2) is 4.79 Å². The first-order chi connectivity index (χ1) is 15.1. The van der Waals surface area contributed by atoms with Crippen molar-refractivity contribution in [2.45, 2.75) is 44.3 Å². The second kappa shape index (κ2) is 11.7. The summed E-state index contributed by atoms with van der Waals surface area (Å²) in [4.78, 5) is 37.7.